The molecule has 0 spiro atoms. The summed E-state index contributed by atoms with van der Waals surface area (Å²) in [6.07, 6.45) is -0.490. The first-order valence-electron chi connectivity index (χ1n) is 7.90. The van der Waals surface area contributed by atoms with Gasteiger partial charge >= 0.3 is 5.97 Å². The third kappa shape index (κ3) is 5.02. The topological polar surface area (TPSA) is 122 Å². The zero-order valence-electron chi connectivity index (χ0n) is 13.9. The molecule has 0 radical (unpaired) electrons. The third-order valence-corrected chi connectivity index (χ3v) is 3.82. The second-order valence-electron chi connectivity index (χ2n) is 5.79. The van der Waals surface area contributed by atoms with Crippen LogP contribution in [0.1, 0.15) is 18.9 Å². The third-order valence-electron chi connectivity index (χ3n) is 3.82. The van der Waals surface area contributed by atoms with Gasteiger partial charge in [-0.1, -0.05) is 42.5 Å². The minimum Gasteiger partial charge on any atom is -0.481 e. The van der Waals surface area contributed by atoms with Crippen LogP contribution in [0.15, 0.2) is 42.5 Å². The molecule has 2 amide bonds. The number of rotatable bonds is 7. The van der Waals surface area contributed by atoms with Crippen LogP contribution in [0, 0.1) is 0 Å². The van der Waals surface area contributed by atoms with Crippen LogP contribution in [-0.2, 0) is 20.9 Å². The average molecular weight is 343 g/mol. The van der Waals surface area contributed by atoms with Gasteiger partial charge in [0.05, 0.1) is 12.5 Å². The van der Waals surface area contributed by atoms with Crippen molar-refractivity contribution >= 4 is 28.6 Å². The van der Waals surface area contributed by atoms with Crippen LogP contribution in [0.4, 0.5) is 0 Å². The van der Waals surface area contributed by atoms with E-state index in [4.69, 9.17) is 10.8 Å². The van der Waals surface area contributed by atoms with Gasteiger partial charge in [-0.05, 0) is 23.3 Å². The van der Waals surface area contributed by atoms with Crippen molar-refractivity contribution in [3.8, 4) is 0 Å². The lowest BCUT2D eigenvalue weighted by Crippen LogP contribution is -2.50. The maximum absolute atomic E-state index is 12.1. The molecule has 0 aliphatic rings. The summed E-state index contributed by atoms with van der Waals surface area (Å²) in [6.45, 7) is 1.84. The Morgan fingerprint density at radius 1 is 1.08 bits per heavy atom. The number of hydrogen-bond donors (Lipinski definition) is 4. The Kier molecular flexibility index (Phi) is 6.08. The molecule has 0 aliphatic heterocycles. The first kappa shape index (κ1) is 18.4. The summed E-state index contributed by atoms with van der Waals surface area (Å²) in [6, 6.07) is 11.7. The Balaban J connectivity index is 1.93. The lowest BCUT2D eigenvalue weighted by Gasteiger charge is -2.17. The highest BCUT2D eigenvalue weighted by Crippen LogP contribution is 2.18. The van der Waals surface area contributed by atoms with Crippen LogP contribution in [0.25, 0.3) is 10.8 Å². The molecule has 2 atom stereocenters. The summed E-state index contributed by atoms with van der Waals surface area (Å²) in [4.78, 5) is 34.5. The van der Waals surface area contributed by atoms with Crippen molar-refractivity contribution in [1.82, 2.24) is 10.6 Å². The van der Waals surface area contributed by atoms with E-state index in [9.17, 15) is 14.4 Å². The van der Waals surface area contributed by atoms with Gasteiger partial charge in [0.2, 0.25) is 11.8 Å². The fourth-order valence-electron chi connectivity index (χ4n) is 2.45. The van der Waals surface area contributed by atoms with Crippen molar-refractivity contribution in [1.29, 1.82) is 0 Å². The number of aliphatic carboxylic acids is 1. The summed E-state index contributed by atoms with van der Waals surface area (Å²) in [7, 11) is 0. The Hall–Kier alpha value is -2.93. The van der Waals surface area contributed by atoms with E-state index < -0.39 is 30.4 Å². The molecule has 0 bridgehead atoms. The molecule has 0 saturated heterocycles. The number of nitrogens with one attached hydrogen (secondary N) is 2. The van der Waals surface area contributed by atoms with Crippen LogP contribution in [0.2, 0.25) is 0 Å². The number of amides is 2. The molecule has 7 nitrogen and oxygen atoms in total. The van der Waals surface area contributed by atoms with Gasteiger partial charge < -0.3 is 21.5 Å². The largest absolute Gasteiger partial charge is 0.481 e. The van der Waals surface area contributed by atoms with Gasteiger partial charge in [0.15, 0.2) is 0 Å². The molecule has 25 heavy (non-hydrogen) atoms. The Bertz CT molecular complexity index is 785. The molecule has 5 N–H and O–H groups in total. The lowest BCUT2D eigenvalue weighted by atomic mass is 10.0. The number of carboxylic acid groups (broad SMARTS) is 1. The van der Waals surface area contributed by atoms with Gasteiger partial charge in [0.1, 0.15) is 6.04 Å². The molecule has 2 aromatic rings. The molecule has 0 fully saturated rings. The van der Waals surface area contributed by atoms with E-state index in [1.165, 1.54) is 6.92 Å². The zero-order chi connectivity index (χ0) is 18.4. The number of hydrogen-bond acceptors (Lipinski definition) is 4. The Morgan fingerprint density at radius 3 is 2.48 bits per heavy atom. The Labute approximate surface area is 145 Å². The molecule has 7 heteroatoms. The SMILES string of the molecule is CC(NC(=O)C(N)CC(=O)O)C(=O)NCc1cccc2ccccc12. The number of benzene rings is 2. The maximum atomic E-state index is 12.1. The molecule has 0 heterocycles. The molecule has 0 aliphatic carbocycles. The van der Waals surface area contributed by atoms with E-state index >= 15 is 0 Å². The van der Waals surface area contributed by atoms with Crippen LogP contribution >= 0.6 is 0 Å². The average Bonchev–Trinajstić information content (AvgIpc) is 2.58. The van der Waals surface area contributed by atoms with Crippen molar-refractivity contribution in [2.75, 3.05) is 0 Å². The van der Waals surface area contributed by atoms with Crippen molar-refractivity contribution < 1.29 is 19.5 Å². The molecule has 132 valence electrons. The predicted molar refractivity (Wildman–Crippen MR) is 93.6 cm³/mol. The van der Waals surface area contributed by atoms with E-state index in [0.717, 1.165) is 16.3 Å². The molecule has 0 aromatic heterocycles. The van der Waals surface area contributed by atoms with Gasteiger partial charge in [-0.25, -0.2) is 0 Å². The molecular weight excluding hydrogens is 322 g/mol. The second-order valence-corrected chi connectivity index (χ2v) is 5.79. The first-order chi connectivity index (χ1) is 11.9. The van der Waals surface area contributed by atoms with Crippen molar-refractivity contribution in [2.45, 2.75) is 32.0 Å². The highest BCUT2D eigenvalue weighted by molar-refractivity contribution is 5.91. The van der Waals surface area contributed by atoms with Gasteiger partial charge in [-0.3, -0.25) is 14.4 Å². The van der Waals surface area contributed by atoms with E-state index in [1.54, 1.807) is 0 Å². The fourth-order valence-corrected chi connectivity index (χ4v) is 2.45. The zero-order valence-corrected chi connectivity index (χ0v) is 13.9. The van der Waals surface area contributed by atoms with Gasteiger partial charge in [0, 0.05) is 6.54 Å². The normalized spacial score (nSPS) is 13.0. The Morgan fingerprint density at radius 2 is 1.76 bits per heavy atom. The standard InChI is InChI=1S/C18H21N3O4/c1-11(21-18(25)15(19)9-16(22)23)17(24)20-10-13-7-4-6-12-5-2-3-8-14(12)13/h2-8,11,15H,9-10,19H2,1H3,(H,20,24)(H,21,25)(H,22,23). The second kappa shape index (κ2) is 8.25. The number of carboxylic acids is 1. The van der Waals surface area contributed by atoms with E-state index in [2.05, 4.69) is 10.6 Å². The molecule has 2 aromatic carbocycles. The van der Waals surface area contributed by atoms with E-state index in [0.29, 0.717) is 6.54 Å². The summed E-state index contributed by atoms with van der Waals surface area (Å²) < 4.78 is 0. The van der Waals surface area contributed by atoms with Crippen LogP contribution in [0.3, 0.4) is 0 Å². The van der Waals surface area contributed by atoms with Gasteiger partial charge in [-0.15, -0.1) is 0 Å². The number of fused-ring (bicyclic) bond motifs is 1. The molecular formula is C18H21N3O4. The summed E-state index contributed by atoms with van der Waals surface area (Å²) >= 11 is 0. The van der Waals surface area contributed by atoms with Crippen LogP contribution < -0.4 is 16.4 Å². The van der Waals surface area contributed by atoms with E-state index in [-0.39, 0.29) is 5.91 Å². The minimum absolute atomic E-state index is 0.321. The quantitative estimate of drug-likeness (QED) is 0.591. The predicted octanol–water partition coefficient (Wildman–Crippen LogP) is 0.763. The summed E-state index contributed by atoms with van der Waals surface area (Å²) in [5, 5.41) is 15.9. The lowest BCUT2D eigenvalue weighted by molar-refractivity contribution is -0.139. The maximum Gasteiger partial charge on any atom is 0.305 e. The summed E-state index contributed by atoms with van der Waals surface area (Å²) in [5.41, 5.74) is 6.43. The number of carbonyl (C=O) groups is 3. The highest BCUT2D eigenvalue weighted by Gasteiger charge is 2.21. The smallest absolute Gasteiger partial charge is 0.305 e. The van der Waals surface area contributed by atoms with Gasteiger partial charge in [-0.2, -0.15) is 0 Å². The molecule has 2 rings (SSSR count). The van der Waals surface area contributed by atoms with Crippen molar-refractivity contribution in [2.24, 2.45) is 5.73 Å². The number of nitrogens with two attached hydrogens (primary N) is 1. The monoisotopic (exact) mass is 343 g/mol. The van der Waals surface area contributed by atoms with Crippen LogP contribution in [0.5, 0.6) is 0 Å². The van der Waals surface area contributed by atoms with Crippen molar-refractivity contribution in [3.63, 3.8) is 0 Å². The highest BCUT2D eigenvalue weighted by atomic mass is 16.4. The number of carbonyl (C=O) groups excluding carboxylic acids is 2. The van der Waals surface area contributed by atoms with Gasteiger partial charge in [0.25, 0.3) is 0 Å². The summed E-state index contributed by atoms with van der Waals surface area (Å²) in [5.74, 6) is -2.21. The fraction of sp³-hybridized carbons (Fsp3) is 0.278. The molecule has 2 unspecified atom stereocenters. The van der Waals surface area contributed by atoms with E-state index in [1.807, 2.05) is 42.5 Å². The first-order valence-corrected chi connectivity index (χ1v) is 7.90. The van der Waals surface area contributed by atoms with Crippen molar-refractivity contribution in [3.05, 3.63) is 48.0 Å². The van der Waals surface area contributed by atoms with Crippen LogP contribution in [-0.4, -0.2) is 35.0 Å². The molecule has 0 saturated carbocycles. The minimum atomic E-state index is -1.19.